The van der Waals surface area contributed by atoms with Crippen LogP contribution in [0.5, 0.6) is 0 Å². The Morgan fingerprint density at radius 1 is 1.50 bits per heavy atom. The van der Waals surface area contributed by atoms with Crippen LogP contribution < -0.4 is 0 Å². The van der Waals surface area contributed by atoms with Gasteiger partial charge in [-0.25, -0.2) is 4.98 Å². The Bertz CT molecular complexity index is 552. The second-order valence-electron chi connectivity index (χ2n) is 5.14. The lowest BCUT2D eigenvalue weighted by molar-refractivity contribution is 0.134. The number of hydrogen-bond acceptors (Lipinski definition) is 5. The molecule has 0 aliphatic carbocycles. The molecule has 108 valence electrons. The van der Waals surface area contributed by atoms with E-state index in [0.29, 0.717) is 5.92 Å². The Morgan fingerprint density at radius 2 is 2.40 bits per heavy atom. The van der Waals surface area contributed by atoms with Gasteiger partial charge in [0.15, 0.2) is 0 Å². The first-order valence-corrected chi connectivity index (χ1v) is 7.84. The van der Waals surface area contributed by atoms with Gasteiger partial charge in [0.05, 0.1) is 18.8 Å². The summed E-state index contributed by atoms with van der Waals surface area (Å²) >= 11 is 1.72. The van der Waals surface area contributed by atoms with Crippen LogP contribution in [0.1, 0.15) is 29.1 Å². The van der Waals surface area contributed by atoms with E-state index in [4.69, 9.17) is 9.84 Å². The van der Waals surface area contributed by atoms with Crippen molar-refractivity contribution >= 4 is 11.3 Å². The van der Waals surface area contributed by atoms with Crippen molar-refractivity contribution in [1.82, 2.24) is 19.7 Å². The highest BCUT2D eigenvalue weighted by Gasteiger charge is 2.28. The molecule has 0 radical (unpaired) electrons. The average Bonchev–Trinajstić information content (AvgIpc) is 3.08. The number of methoxy groups -OCH3 is 1. The molecule has 0 fully saturated rings. The Kier molecular flexibility index (Phi) is 4.14. The monoisotopic (exact) mass is 292 g/mol. The smallest absolute Gasteiger partial charge is 0.107 e. The van der Waals surface area contributed by atoms with Crippen LogP contribution in [0, 0.1) is 0 Å². The number of aryl methyl sites for hydroxylation is 1. The van der Waals surface area contributed by atoms with E-state index in [9.17, 15) is 0 Å². The summed E-state index contributed by atoms with van der Waals surface area (Å²) in [5.41, 5.74) is 2.54. The molecule has 0 amide bonds. The van der Waals surface area contributed by atoms with E-state index in [1.165, 1.54) is 16.3 Å². The van der Waals surface area contributed by atoms with Gasteiger partial charge >= 0.3 is 0 Å². The van der Waals surface area contributed by atoms with E-state index in [0.717, 1.165) is 32.8 Å². The lowest BCUT2D eigenvalue weighted by Crippen LogP contribution is -2.34. The van der Waals surface area contributed by atoms with Crippen molar-refractivity contribution in [3.63, 3.8) is 0 Å². The average molecular weight is 292 g/mol. The summed E-state index contributed by atoms with van der Waals surface area (Å²) < 4.78 is 7.40. The Balaban J connectivity index is 1.80. The van der Waals surface area contributed by atoms with Crippen molar-refractivity contribution in [3.05, 3.63) is 34.0 Å². The predicted octanol–water partition coefficient (Wildman–Crippen LogP) is 2.11. The van der Waals surface area contributed by atoms with Gasteiger partial charge in [0.1, 0.15) is 5.01 Å². The van der Waals surface area contributed by atoms with Gasteiger partial charge in [0.2, 0.25) is 0 Å². The molecule has 1 aliphatic rings. The van der Waals surface area contributed by atoms with Crippen LogP contribution >= 0.6 is 11.3 Å². The van der Waals surface area contributed by atoms with Crippen molar-refractivity contribution in [1.29, 1.82) is 0 Å². The molecule has 0 N–H and O–H groups in total. The third kappa shape index (κ3) is 2.77. The number of rotatable bonds is 5. The van der Waals surface area contributed by atoms with Crippen molar-refractivity contribution < 1.29 is 4.74 Å². The van der Waals surface area contributed by atoms with E-state index < -0.39 is 0 Å². The van der Waals surface area contributed by atoms with Crippen LogP contribution in [0.3, 0.4) is 0 Å². The van der Waals surface area contributed by atoms with E-state index in [1.54, 1.807) is 18.4 Å². The van der Waals surface area contributed by atoms with Gasteiger partial charge in [-0.05, 0) is 6.92 Å². The molecule has 1 aliphatic heterocycles. The molecule has 2 aromatic heterocycles. The standard InChI is InChI=1S/C14H20N4OS/c1-3-18-8-11-6-17(9-13-15-4-5-20-13)7-12(10-19-2)14(11)16-18/h4-5,8,12H,3,6-7,9-10H2,1-2H3. The number of nitrogens with zero attached hydrogens (tertiary/aromatic N) is 4. The third-order valence-electron chi connectivity index (χ3n) is 3.66. The minimum Gasteiger partial charge on any atom is -0.384 e. The zero-order valence-electron chi connectivity index (χ0n) is 12.0. The summed E-state index contributed by atoms with van der Waals surface area (Å²) in [4.78, 5) is 6.82. The third-order valence-corrected chi connectivity index (χ3v) is 4.43. The Hall–Kier alpha value is -1.24. The molecule has 3 rings (SSSR count). The summed E-state index contributed by atoms with van der Waals surface area (Å²) in [6, 6.07) is 0. The fourth-order valence-corrected chi connectivity index (χ4v) is 3.44. The van der Waals surface area contributed by atoms with E-state index in [2.05, 4.69) is 23.0 Å². The first kappa shape index (κ1) is 13.7. The summed E-state index contributed by atoms with van der Waals surface area (Å²) in [7, 11) is 1.76. The highest BCUT2D eigenvalue weighted by molar-refractivity contribution is 7.09. The molecule has 20 heavy (non-hydrogen) atoms. The number of aromatic nitrogens is 3. The van der Waals surface area contributed by atoms with Crippen LogP contribution in [0.4, 0.5) is 0 Å². The normalized spacial score (nSPS) is 19.2. The van der Waals surface area contributed by atoms with Crippen LogP contribution in [0.15, 0.2) is 17.8 Å². The van der Waals surface area contributed by atoms with Crippen molar-refractivity contribution in [3.8, 4) is 0 Å². The Labute approximate surface area is 123 Å². The van der Waals surface area contributed by atoms with Crippen molar-refractivity contribution in [2.75, 3.05) is 20.3 Å². The fraction of sp³-hybridized carbons (Fsp3) is 0.571. The highest BCUT2D eigenvalue weighted by Crippen LogP contribution is 2.28. The minimum absolute atomic E-state index is 0.358. The first-order chi connectivity index (χ1) is 9.80. The SMILES string of the molecule is CCn1cc2c(n1)C(COC)CN(Cc1nccs1)C2. The molecule has 0 saturated heterocycles. The second kappa shape index (κ2) is 6.03. The molecular weight excluding hydrogens is 272 g/mol. The number of thiazole rings is 1. The first-order valence-electron chi connectivity index (χ1n) is 6.96. The van der Waals surface area contributed by atoms with Crippen molar-refractivity contribution in [2.24, 2.45) is 0 Å². The quantitative estimate of drug-likeness (QED) is 0.846. The lowest BCUT2D eigenvalue weighted by atomic mass is 9.97. The van der Waals surface area contributed by atoms with Gasteiger partial charge in [-0.2, -0.15) is 5.10 Å². The fourth-order valence-electron chi connectivity index (χ4n) is 2.78. The summed E-state index contributed by atoms with van der Waals surface area (Å²) in [5.74, 6) is 0.358. The highest BCUT2D eigenvalue weighted by atomic mass is 32.1. The number of ether oxygens (including phenoxy) is 1. The molecule has 3 heterocycles. The molecule has 0 spiro atoms. The van der Waals surface area contributed by atoms with Gasteiger partial charge in [0, 0.05) is 56.0 Å². The summed E-state index contributed by atoms with van der Waals surface area (Å²) in [6.45, 7) is 6.61. The Morgan fingerprint density at radius 3 is 3.10 bits per heavy atom. The topological polar surface area (TPSA) is 43.2 Å². The summed E-state index contributed by atoms with van der Waals surface area (Å²) in [6.07, 6.45) is 4.04. The van der Waals surface area contributed by atoms with E-state index in [-0.39, 0.29) is 0 Å². The largest absolute Gasteiger partial charge is 0.384 e. The number of fused-ring (bicyclic) bond motifs is 1. The lowest BCUT2D eigenvalue weighted by Gasteiger charge is -2.30. The van der Waals surface area contributed by atoms with E-state index >= 15 is 0 Å². The zero-order chi connectivity index (χ0) is 13.9. The van der Waals surface area contributed by atoms with Gasteiger partial charge in [0.25, 0.3) is 0 Å². The van der Waals surface area contributed by atoms with Gasteiger partial charge in [-0.1, -0.05) is 0 Å². The van der Waals surface area contributed by atoms with Crippen LogP contribution in [-0.4, -0.2) is 39.9 Å². The minimum atomic E-state index is 0.358. The maximum absolute atomic E-state index is 5.38. The van der Waals surface area contributed by atoms with Gasteiger partial charge < -0.3 is 4.74 Å². The molecule has 2 aromatic rings. The summed E-state index contributed by atoms with van der Waals surface area (Å²) in [5, 5.41) is 7.91. The second-order valence-corrected chi connectivity index (χ2v) is 6.12. The maximum Gasteiger partial charge on any atom is 0.107 e. The molecule has 5 nitrogen and oxygen atoms in total. The predicted molar refractivity (Wildman–Crippen MR) is 78.7 cm³/mol. The molecule has 1 unspecified atom stereocenters. The van der Waals surface area contributed by atoms with Crippen molar-refractivity contribution in [2.45, 2.75) is 32.5 Å². The molecule has 6 heteroatoms. The maximum atomic E-state index is 5.38. The molecule has 1 atom stereocenters. The zero-order valence-corrected chi connectivity index (χ0v) is 12.8. The molecule has 0 aromatic carbocycles. The van der Waals surface area contributed by atoms with Gasteiger partial charge in [-0.15, -0.1) is 11.3 Å². The molecule has 0 bridgehead atoms. The van der Waals surface area contributed by atoms with Crippen LogP contribution in [0.25, 0.3) is 0 Å². The van der Waals surface area contributed by atoms with Crippen LogP contribution in [-0.2, 0) is 24.4 Å². The van der Waals surface area contributed by atoms with Crippen LogP contribution in [0.2, 0.25) is 0 Å². The van der Waals surface area contributed by atoms with E-state index in [1.807, 2.05) is 16.3 Å². The molecular formula is C14H20N4OS. The molecule has 0 saturated carbocycles. The number of hydrogen-bond donors (Lipinski definition) is 0. The van der Waals surface area contributed by atoms with Gasteiger partial charge in [-0.3, -0.25) is 9.58 Å².